The van der Waals surface area contributed by atoms with Crippen molar-refractivity contribution in [3.8, 4) is 11.5 Å². The predicted octanol–water partition coefficient (Wildman–Crippen LogP) is 1.48. The zero-order chi connectivity index (χ0) is 12.7. The summed E-state index contributed by atoms with van der Waals surface area (Å²) in [6.45, 7) is 2.14. The van der Waals surface area contributed by atoms with Gasteiger partial charge in [0.05, 0.1) is 13.7 Å². The molecule has 0 saturated carbocycles. The Labute approximate surface area is 103 Å². The van der Waals surface area contributed by atoms with E-state index in [1.165, 1.54) is 0 Å². The molecule has 0 atom stereocenters. The fraction of sp³-hybridized carbons (Fsp3) is 0.538. The molecule has 0 amide bonds. The molecule has 0 aliphatic heterocycles. The number of rotatable bonds is 7. The van der Waals surface area contributed by atoms with Gasteiger partial charge in [-0.25, -0.2) is 0 Å². The molecule has 0 saturated heterocycles. The molecular formula is C13H22N2O2. The Balaban J connectivity index is 2.73. The average molecular weight is 238 g/mol. The summed E-state index contributed by atoms with van der Waals surface area (Å²) in [7, 11) is 5.74. The SMILES string of the molecule is COc1ccc(OCCCN)cc1CN(C)C. The highest BCUT2D eigenvalue weighted by Gasteiger charge is 2.06. The van der Waals surface area contributed by atoms with Crippen molar-refractivity contribution in [1.82, 2.24) is 4.90 Å². The minimum Gasteiger partial charge on any atom is -0.496 e. The molecule has 17 heavy (non-hydrogen) atoms. The zero-order valence-electron chi connectivity index (χ0n) is 10.9. The van der Waals surface area contributed by atoms with Gasteiger partial charge < -0.3 is 20.1 Å². The van der Waals surface area contributed by atoms with E-state index in [-0.39, 0.29) is 0 Å². The number of hydrogen-bond donors (Lipinski definition) is 1. The van der Waals surface area contributed by atoms with Crippen LogP contribution < -0.4 is 15.2 Å². The van der Waals surface area contributed by atoms with Crippen molar-refractivity contribution in [2.24, 2.45) is 5.73 Å². The van der Waals surface area contributed by atoms with Crippen molar-refractivity contribution in [2.75, 3.05) is 34.4 Å². The Bertz CT molecular complexity index is 340. The second-order valence-electron chi connectivity index (χ2n) is 4.20. The lowest BCUT2D eigenvalue weighted by Crippen LogP contribution is -2.12. The summed E-state index contributed by atoms with van der Waals surface area (Å²) in [5, 5.41) is 0. The first-order valence-corrected chi connectivity index (χ1v) is 5.82. The topological polar surface area (TPSA) is 47.7 Å². The standard InChI is InChI=1S/C13H22N2O2/c1-15(2)10-11-9-12(17-8-4-7-14)5-6-13(11)16-3/h5-6,9H,4,7-8,10,14H2,1-3H3. The van der Waals surface area contributed by atoms with Crippen molar-refractivity contribution in [1.29, 1.82) is 0 Å². The number of methoxy groups -OCH3 is 1. The van der Waals surface area contributed by atoms with Gasteiger partial charge in [0.1, 0.15) is 11.5 Å². The van der Waals surface area contributed by atoms with Gasteiger partial charge in [-0.3, -0.25) is 0 Å². The number of benzene rings is 1. The first-order chi connectivity index (χ1) is 8.17. The van der Waals surface area contributed by atoms with E-state index in [4.69, 9.17) is 15.2 Å². The lowest BCUT2D eigenvalue weighted by atomic mass is 10.2. The molecule has 0 aliphatic carbocycles. The molecule has 0 aromatic heterocycles. The Morgan fingerprint density at radius 1 is 1.29 bits per heavy atom. The van der Waals surface area contributed by atoms with Gasteiger partial charge in [0.25, 0.3) is 0 Å². The fourth-order valence-corrected chi connectivity index (χ4v) is 1.58. The van der Waals surface area contributed by atoms with Crippen molar-refractivity contribution in [3.05, 3.63) is 23.8 Å². The maximum atomic E-state index is 5.61. The maximum absolute atomic E-state index is 5.61. The second-order valence-corrected chi connectivity index (χ2v) is 4.20. The first kappa shape index (κ1) is 13.8. The Hall–Kier alpha value is -1.26. The van der Waals surface area contributed by atoms with Crippen LogP contribution >= 0.6 is 0 Å². The molecule has 0 bridgehead atoms. The summed E-state index contributed by atoms with van der Waals surface area (Å²) in [5.41, 5.74) is 6.55. The quantitative estimate of drug-likeness (QED) is 0.731. The lowest BCUT2D eigenvalue weighted by Gasteiger charge is -2.15. The third-order valence-corrected chi connectivity index (χ3v) is 2.36. The van der Waals surface area contributed by atoms with E-state index in [9.17, 15) is 0 Å². The largest absolute Gasteiger partial charge is 0.496 e. The molecule has 4 nitrogen and oxygen atoms in total. The van der Waals surface area contributed by atoms with Crippen LogP contribution in [0.5, 0.6) is 11.5 Å². The molecule has 1 aromatic carbocycles. The van der Waals surface area contributed by atoms with Crippen LogP contribution in [0.15, 0.2) is 18.2 Å². The van der Waals surface area contributed by atoms with Gasteiger partial charge in [0, 0.05) is 12.1 Å². The van der Waals surface area contributed by atoms with Crippen LogP contribution in [0, 0.1) is 0 Å². The van der Waals surface area contributed by atoms with E-state index in [0.717, 1.165) is 30.0 Å². The first-order valence-electron chi connectivity index (χ1n) is 5.82. The molecular weight excluding hydrogens is 216 g/mol. The predicted molar refractivity (Wildman–Crippen MR) is 69.6 cm³/mol. The van der Waals surface area contributed by atoms with Crippen LogP contribution in [0.1, 0.15) is 12.0 Å². The van der Waals surface area contributed by atoms with Crippen LogP contribution in [0.4, 0.5) is 0 Å². The summed E-state index contributed by atoms with van der Waals surface area (Å²) in [6.07, 6.45) is 0.870. The van der Waals surface area contributed by atoms with Crippen molar-refractivity contribution in [2.45, 2.75) is 13.0 Å². The summed E-state index contributed by atoms with van der Waals surface area (Å²) in [6, 6.07) is 5.89. The second kappa shape index (κ2) is 7.14. The monoisotopic (exact) mass is 238 g/mol. The highest BCUT2D eigenvalue weighted by molar-refractivity contribution is 5.40. The number of hydrogen-bond acceptors (Lipinski definition) is 4. The van der Waals surface area contributed by atoms with Crippen molar-refractivity contribution < 1.29 is 9.47 Å². The Kier molecular flexibility index (Phi) is 5.80. The molecule has 0 radical (unpaired) electrons. The van der Waals surface area contributed by atoms with Gasteiger partial charge in [-0.2, -0.15) is 0 Å². The molecule has 2 N–H and O–H groups in total. The van der Waals surface area contributed by atoms with Crippen LogP contribution in [-0.2, 0) is 6.54 Å². The van der Waals surface area contributed by atoms with E-state index >= 15 is 0 Å². The molecule has 1 rings (SSSR count). The zero-order valence-corrected chi connectivity index (χ0v) is 10.9. The number of nitrogens with two attached hydrogens (primary N) is 1. The van der Waals surface area contributed by atoms with E-state index < -0.39 is 0 Å². The summed E-state index contributed by atoms with van der Waals surface area (Å²) in [4.78, 5) is 2.10. The Morgan fingerprint density at radius 2 is 2.06 bits per heavy atom. The number of ether oxygens (including phenoxy) is 2. The fourth-order valence-electron chi connectivity index (χ4n) is 1.58. The van der Waals surface area contributed by atoms with Gasteiger partial charge in [-0.1, -0.05) is 0 Å². The van der Waals surface area contributed by atoms with Crippen molar-refractivity contribution >= 4 is 0 Å². The van der Waals surface area contributed by atoms with Crippen LogP contribution in [0.2, 0.25) is 0 Å². The molecule has 0 unspecified atom stereocenters. The minimum absolute atomic E-state index is 0.653. The van der Waals surface area contributed by atoms with Crippen LogP contribution in [0.25, 0.3) is 0 Å². The van der Waals surface area contributed by atoms with Gasteiger partial charge in [0.2, 0.25) is 0 Å². The van der Waals surface area contributed by atoms with E-state index in [2.05, 4.69) is 4.90 Å². The third-order valence-electron chi connectivity index (χ3n) is 2.36. The van der Waals surface area contributed by atoms with Gasteiger partial charge in [-0.15, -0.1) is 0 Å². The normalized spacial score (nSPS) is 10.6. The van der Waals surface area contributed by atoms with Gasteiger partial charge >= 0.3 is 0 Å². The van der Waals surface area contributed by atoms with Gasteiger partial charge in [0.15, 0.2) is 0 Å². The van der Waals surface area contributed by atoms with E-state index in [0.29, 0.717) is 13.2 Å². The minimum atomic E-state index is 0.653. The highest BCUT2D eigenvalue weighted by Crippen LogP contribution is 2.25. The van der Waals surface area contributed by atoms with E-state index in [1.807, 2.05) is 32.3 Å². The summed E-state index contributed by atoms with van der Waals surface area (Å²) < 4.78 is 10.9. The molecule has 0 fully saturated rings. The number of nitrogens with zero attached hydrogens (tertiary/aromatic N) is 1. The molecule has 1 aromatic rings. The van der Waals surface area contributed by atoms with Crippen molar-refractivity contribution in [3.63, 3.8) is 0 Å². The molecule has 4 heteroatoms. The molecule has 0 heterocycles. The smallest absolute Gasteiger partial charge is 0.123 e. The van der Waals surface area contributed by atoms with Crippen LogP contribution in [0.3, 0.4) is 0 Å². The molecule has 0 spiro atoms. The lowest BCUT2D eigenvalue weighted by molar-refractivity contribution is 0.310. The average Bonchev–Trinajstić information content (AvgIpc) is 2.29. The highest BCUT2D eigenvalue weighted by atomic mass is 16.5. The van der Waals surface area contributed by atoms with Gasteiger partial charge in [-0.05, 0) is 45.3 Å². The van der Waals surface area contributed by atoms with E-state index in [1.54, 1.807) is 7.11 Å². The third kappa shape index (κ3) is 4.63. The maximum Gasteiger partial charge on any atom is 0.123 e. The summed E-state index contributed by atoms with van der Waals surface area (Å²) >= 11 is 0. The molecule has 0 aliphatic rings. The van der Waals surface area contributed by atoms with Crippen LogP contribution in [-0.4, -0.2) is 39.3 Å². The molecule has 96 valence electrons. The summed E-state index contributed by atoms with van der Waals surface area (Å²) in [5.74, 6) is 1.76. The Morgan fingerprint density at radius 3 is 2.65 bits per heavy atom.